The van der Waals surface area contributed by atoms with Crippen LogP contribution < -0.4 is 0 Å². The molecule has 0 saturated carbocycles. The summed E-state index contributed by atoms with van der Waals surface area (Å²) in [5.74, 6) is 0.000806. The molecule has 0 aliphatic carbocycles. The quantitative estimate of drug-likeness (QED) is 0.901. The Morgan fingerprint density at radius 3 is 2.71 bits per heavy atom. The van der Waals surface area contributed by atoms with E-state index >= 15 is 0 Å². The fourth-order valence-electron chi connectivity index (χ4n) is 2.07. The summed E-state index contributed by atoms with van der Waals surface area (Å²) in [6.45, 7) is 0. The molecule has 0 radical (unpaired) electrons. The van der Waals surface area contributed by atoms with Gasteiger partial charge in [0.1, 0.15) is 0 Å². The van der Waals surface area contributed by atoms with Gasteiger partial charge in [-0.1, -0.05) is 33.6 Å². The number of benzene rings is 1. The monoisotopic (exact) mass is 338 g/mol. The molecule has 0 bridgehead atoms. The molecule has 1 aliphatic rings. The summed E-state index contributed by atoms with van der Waals surface area (Å²) in [5, 5.41) is 10.8. The van der Waals surface area contributed by atoms with Gasteiger partial charge in [-0.05, 0) is 24.1 Å². The first-order valence-electron chi connectivity index (χ1n) is 5.22. The Balaban J connectivity index is 2.23. The highest BCUT2D eigenvalue weighted by molar-refractivity contribution is 9.10. The molecule has 17 heavy (non-hydrogen) atoms. The van der Waals surface area contributed by atoms with Gasteiger partial charge in [0.15, 0.2) is 9.84 Å². The van der Waals surface area contributed by atoms with Gasteiger partial charge in [-0.3, -0.25) is 0 Å². The molecule has 1 heterocycles. The molecule has 2 atom stereocenters. The van der Waals surface area contributed by atoms with Crippen molar-refractivity contribution >= 4 is 37.4 Å². The average Bonchev–Trinajstić information content (AvgIpc) is 2.58. The summed E-state index contributed by atoms with van der Waals surface area (Å²) < 4.78 is 23.5. The SMILES string of the molecule is O=S1(=O)CCC(C(O)c2ccc(Cl)cc2Br)C1. The highest BCUT2D eigenvalue weighted by atomic mass is 79.9. The molecule has 1 aromatic rings. The topological polar surface area (TPSA) is 54.4 Å². The third kappa shape index (κ3) is 3.02. The van der Waals surface area contributed by atoms with Gasteiger partial charge < -0.3 is 5.11 Å². The summed E-state index contributed by atoms with van der Waals surface area (Å²) in [7, 11) is -2.97. The lowest BCUT2D eigenvalue weighted by Gasteiger charge is -2.18. The van der Waals surface area contributed by atoms with E-state index in [9.17, 15) is 13.5 Å². The molecule has 0 amide bonds. The number of aliphatic hydroxyl groups excluding tert-OH is 1. The van der Waals surface area contributed by atoms with E-state index in [2.05, 4.69) is 15.9 Å². The molecule has 1 aromatic carbocycles. The Morgan fingerprint density at radius 2 is 2.18 bits per heavy atom. The summed E-state index contributed by atoms with van der Waals surface area (Å²) >= 11 is 9.15. The number of sulfone groups is 1. The summed E-state index contributed by atoms with van der Waals surface area (Å²) in [4.78, 5) is 0. The van der Waals surface area contributed by atoms with E-state index in [0.717, 1.165) is 0 Å². The van der Waals surface area contributed by atoms with Gasteiger partial charge >= 0.3 is 0 Å². The Morgan fingerprint density at radius 1 is 1.47 bits per heavy atom. The fraction of sp³-hybridized carbons (Fsp3) is 0.455. The largest absolute Gasteiger partial charge is 0.388 e. The summed E-state index contributed by atoms with van der Waals surface area (Å²) in [5.41, 5.74) is 0.691. The maximum Gasteiger partial charge on any atom is 0.150 e. The minimum absolute atomic E-state index is 0.0588. The molecule has 0 aromatic heterocycles. The van der Waals surface area contributed by atoms with Gasteiger partial charge in [-0.15, -0.1) is 0 Å². The van der Waals surface area contributed by atoms with Crippen LogP contribution in [0.4, 0.5) is 0 Å². The van der Waals surface area contributed by atoms with Crippen molar-refractivity contribution in [3.05, 3.63) is 33.3 Å². The Bertz CT molecular complexity index is 530. The van der Waals surface area contributed by atoms with Crippen LogP contribution in [-0.2, 0) is 9.84 Å². The first-order chi connectivity index (χ1) is 7.89. The van der Waals surface area contributed by atoms with E-state index in [4.69, 9.17) is 11.6 Å². The van der Waals surface area contributed by atoms with Crippen LogP contribution in [0, 0.1) is 5.92 Å². The molecule has 6 heteroatoms. The van der Waals surface area contributed by atoms with E-state index in [1.165, 1.54) is 0 Å². The van der Waals surface area contributed by atoms with Gasteiger partial charge in [0.25, 0.3) is 0 Å². The maximum absolute atomic E-state index is 11.4. The first kappa shape index (κ1) is 13.3. The molecule has 2 unspecified atom stereocenters. The van der Waals surface area contributed by atoms with Gasteiger partial charge in [-0.2, -0.15) is 0 Å². The van der Waals surface area contributed by atoms with E-state index < -0.39 is 15.9 Å². The van der Waals surface area contributed by atoms with Crippen molar-refractivity contribution in [2.24, 2.45) is 5.92 Å². The lowest BCUT2D eigenvalue weighted by Crippen LogP contribution is -2.14. The van der Waals surface area contributed by atoms with E-state index in [-0.39, 0.29) is 17.4 Å². The van der Waals surface area contributed by atoms with Gasteiger partial charge in [0, 0.05) is 15.4 Å². The predicted molar refractivity (Wildman–Crippen MR) is 70.9 cm³/mol. The lowest BCUT2D eigenvalue weighted by molar-refractivity contribution is 0.120. The minimum atomic E-state index is -2.97. The molecule has 1 aliphatic heterocycles. The second kappa shape index (κ2) is 4.88. The highest BCUT2D eigenvalue weighted by Gasteiger charge is 2.34. The Hall–Kier alpha value is -0.100. The predicted octanol–water partition coefficient (Wildman–Crippen LogP) is 2.57. The van der Waals surface area contributed by atoms with E-state index in [1.54, 1.807) is 18.2 Å². The fourth-order valence-corrected chi connectivity index (χ4v) is 4.82. The Kier molecular flexibility index (Phi) is 3.83. The van der Waals surface area contributed by atoms with Gasteiger partial charge in [0.05, 0.1) is 17.6 Å². The van der Waals surface area contributed by atoms with Crippen molar-refractivity contribution in [3.8, 4) is 0 Å². The van der Waals surface area contributed by atoms with E-state index in [0.29, 0.717) is 21.5 Å². The van der Waals surface area contributed by atoms with Crippen LogP contribution in [0.2, 0.25) is 5.02 Å². The molecule has 1 fully saturated rings. The van der Waals surface area contributed by atoms with Crippen molar-refractivity contribution in [2.75, 3.05) is 11.5 Å². The van der Waals surface area contributed by atoms with Crippen LogP contribution in [-0.4, -0.2) is 25.0 Å². The zero-order valence-corrected chi connectivity index (χ0v) is 12.1. The lowest BCUT2D eigenvalue weighted by atomic mass is 9.95. The number of rotatable bonds is 2. The van der Waals surface area contributed by atoms with Gasteiger partial charge in [-0.25, -0.2) is 8.42 Å². The molecule has 2 rings (SSSR count). The molecule has 94 valence electrons. The normalized spacial score (nSPS) is 24.8. The van der Waals surface area contributed by atoms with Crippen molar-refractivity contribution in [1.29, 1.82) is 0 Å². The third-order valence-corrected chi connectivity index (χ3v) is 5.71. The van der Waals surface area contributed by atoms with E-state index in [1.807, 2.05) is 0 Å². The second-order valence-electron chi connectivity index (χ2n) is 4.27. The second-order valence-corrected chi connectivity index (χ2v) is 7.79. The molecule has 1 saturated heterocycles. The number of aliphatic hydroxyl groups is 1. The minimum Gasteiger partial charge on any atom is -0.388 e. The highest BCUT2D eigenvalue weighted by Crippen LogP contribution is 2.35. The molecule has 0 spiro atoms. The van der Waals surface area contributed by atoms with Crippen molar-refractivity contribution in [3.63, 3.8) is 0 Å². The van der Waals surface area contributed by atoms with Crippen LogP contribution in [0.5, 0.6) is 0 Å². The number of halogens is 2. The average molecular weight is 340 g/mol. The zero-order chi connectivity index (χ0) is 12.6. The van der Waals surface area contributed by atoms with Crippen LogP contribution in [0.15, 0.2) is 22.7 Å². The zero-order valence-electron chi connectivity index (χ0n) is 8.94. The summed E-state index contributed by atoms with van der Waals surface area (Å²) in [6.07, 6.45) is -0.252. The van der Waals surface area contributed by atoms with Crippen molar-refractivity contribution in [2.45, 2.75) is 12.5 Å². The van der Waals surface area contributed by atoms with Crippen LogP contribution in [0.25, 0.3) is 0 Å². The first-order valence-corrected chi connectivity index (χ1v) is 8.22. The molecule has 3 nitrogen and oxygen atoms in total. The number of hydrogen-bond acceptors (Lipinski definition) is 3. The Labute approximate surface area is 114 Å². The van der Waals surface area contributed by atoms with Crippen LogP contribution in [0.3, 0.4) is 0 Å². The molecular weight excluding hydrogens is 328 g/mol. The third-order valence-electron chi connectivity index (χ3n) is 3.00. The molecule has 1 N–H and O–H groups in total. The van der Waals surface area contributed by atoms with Crippen LogP contribution >= 0.6 is 27.5 Å². The van der Waals surface area contributed by atoms with Crippen molar-refractivity contribution < 1.29 is 13.5 Å². The standard InChI is InChI=1S/C11H12BrClO3S/c12-10-5-8(13)1-2-9(10)11(14)7-3-4-17(15,16)6-7/h1-2,5,7,11,14H,3-4,6H2. The molecular formula is C11H12BrClO3S. The van der Waals surface area contributed by atoms with Crippen molar-refractivity contribution in [1.82, 2.24) is 0 Å². The smallest absolute Gasteiger partial charge is 0.150 e. The number of hydrogen-bond donors (Lipinski definition) is 1. The van der Waals surface area contributed by atoms with Crippen LogP contribution in [0.1, 0.15) is 18.1 Å². The maximum atomic E-state index is 11.4. The van der Waals surface area contributed by atoms with Gasteiger partial charge in [0.2, 0.25) is 0 Å². The summed E-state index contributed by atoms with van der Waals surface area (Å²) in [6, 6.07) is 5.11.